The Morgan fingerprint density at radius 3 is 2.70 bits per heavy atom. The summed E-state index contributed by atoms with van der Waals surface area (Å²) in [6.45, 7) is 3.56. The number of benzene rings is 1. The molecule has 0 aliphatic rings. The van der Waals surface area contributed by atoms with E-state index in [1.54, 1.807) is 0 Å². The number of nitrogen functional groups attached to an aromatic ring is 1. The molecule has 1 amide bonds. The molecule has 3 aromatic rings. The monoisotopic (exact) mass is 488 g/mol. The number of nitrogens with two attached hydrogens (primary N) is 1. The number of nitrogens with one attached hydrogen (secondary N) is 2. The van der Waals surface area contributed by atoms with Crippen molar-refractivity contribution in [2.45, 2.75) is 18.8 Å². The summed E-state index contributed by atoms with van der Waals surface area (Å²) in [4.78, 5) is 16.0. The molecule has 1 unspecified atom stereocenters. The van der Waals surface area contributed by atoms with Crippen molar-refractivity contribution < 1.29 is 36.3 Å². The fourth-order valence-corrected chi connectivity index (χ4v) is 3.84. The van der Waals surface area contributed by atoms with Crippen LogP contribution in [-0.2, 0) is 12.6 Å². The van der Waals surface area contributed by atoms with E-state index in [2.05, 4.69) is 22.2 Å². The highest BCUT2D eigenvalue weighted by molar-refractivity contribution is 7.14. The number of alkyl halides is 3. The quantitative estimate of drug-likeness (QED) is 0.292. The Hall–Kier alpha value is -3.45. The summed E-state index contributed by atoms with van der Waals surface area (Å²) in [6, 6.07) is 0.810. The molecule has 1 aromatic carbocycles. The number of aliphatic hydroxyl groups is 1. The Bertz CT molecular complexity index is 1210. The average Bonchev–Trinajstić information content (AvgIpc) is 3.30. The molecule has 0 saturated carbocycles. The van der Waals surface area contributed by atoms with Gasteiger partial charge in [0.1, 0.15) is 29.2 Å². The average molecular weight is 488 g/mol. The van der Waals surface area contributed by atoms with Gasteiger partial charge in [-0.15, -0.1) is 11.3 Å². The maximum absolute atomic E-state index is 14.4. The molecule has 0 bridgehead atoms. The number of carbonyl (C=O) groups excluding carboxylic acids is 1. The zero-order chi connectivity index (χ0) is 24.5. The van der Waals surface area contributed by atoms with Gasteiger partial charge < -0.3 is 25.9 Å². The van der Waals surface area contributed by atoms with E-state index in [9.17, 15) is 31.9 Å². The van der Waals surface area contributed by atoms with E-state index in [0.29, 0.717) is 12.1 Å². The summed E-state index contributed by atoms with van der Waals surface area (Å²) < 4.78 is 72.7. The third kappa shape index (κ3) is 4.83. The Kier molecular flexibility index (Phi) is 6.74. The Morgan fingerprint density at radius 2 is 2.09 bits per heavy atom. The number of aliphatic hydroxyl groups excluding tert-OH is 1. The normalized spacial score (nSPS) is 12.5. The molecule has 2 aromatic heterocycles. The topological polar surface area (TPSA) is 113 Å². The molecule has 0 saturated heterocycles. The number of rotatable bonds is 7. The van der Waals surface area contributed by atoms with Gasteiger partial charge in [0.2, 0.25) is 5.88 Å². The first-order valence-electron chi connectivity index (χ1n) is 9.19. The van der Waals surface area contributed by atoms with Crippen LogP contribution in [0.25, 0.3) is 17.3 Å². The van der Waals surface area contributed by atoms with Gasteiger partial charge in [0.15, 0.2) is 5.13 Å². The number of carbonyl (C=O) groups is 1. The van der Waals surface area contributed by atoms with E-state index < -0.39 is 41.1 Å². The number of amides is 1. The lowest BCUT2D eigenvalue weighted by molar-refractivity contribution is -0.139. The summed E-state index contributed by atoms with van der Waals surface area (Å²) in [5.74, 6) is -3.60. The van der Waals surface area contributed by atoms with E-state index in [-0.39, 0.29) is 40.0 Å². The van der Waals surface area contributed by atoms with Gasteiger partial charge in [-0.05, 0) is 18.2 Å². The van der Waals surface area contributed by atoms with Crippen molar-refractivity contribution >= 4 is 34.3 Å². The standard InChI is InChI=1S/C20H17F5N4O3S/c1-3-12-8(14(17(26)32-12)18(31)27-2)6-13(30)29-19-28-11(7-33-19)15-10(21)5-4-9(16(15)22)20(23,24)25/h3-5,7,13,30H,1,6,26H2,2H3,(H,27,31)(H,28,29). The highest BCUT2D eigenvalue weighted by Gasteiger charge is 2.36. The number of nitrogens with zero attached hydrogens (tertiary/aromatic N) is 1. The molecule has 3 rings (SSSR count). The van der Waals surface area contributed by atoms with Gasteiger partial charge >= 0.3 is 6.18 Å². The number of halogens is 5. The van der Waals surface area contributed by atoms with Crippen molar-refractivity contribution in [1.29, 1.82) is 0 Å². The summed E-state index contributed by atoms with van der Waals surface area (Å²) in [6.07, 6.45) is -5.30. The van der Waals surface area contributed by atoms with Crippen LogP contribution in [0.5, 0.6) is 0 Å². The summed E-state index contributed by atoms with van der Waals surface area (Å²) in [5.41, 5.74) is 3.01. The summed E-state index contributed by atoms with van der Waals surface area (Å²) in [7, 11) is 1.38. The second-order valence-corrected chi connectivity index (χ2v) is 7.51. The predicted molar refractivity (Wildman–Crippen MR) is 112 cm³/mol. The molecule has 13 heteroatoms. The summed E-state index contributed by atoms with van der Waals surface area (Å²) >= 11 is 0.800. The van der Waals surface area contributed by atoms with Crippen LogP contribution in [0.15, 0.2) is 28.5 Å². The molecule has 0 radical (unpaired) electrons. The molecule has 5 N–H and O–H groups in total. The number of anilines is 2. The number of aromatic nitrogens is 1. The second kappa shape index (κ2) is 9.19. The molecule has 0 aliphatic heterocycles. The van der Waals surface area contributed by atoms with Crippen LogP contribution in [-0.4, -0.2) is 29.3 Å². The molecule has 33 heavy (non-hydrogen) atoms. The van der Waals surface area contributed by atoms with Crippen molar-refractivity contribution in [2.24, 2.45) is 0 Å². The second-order valence-electron chi connectivity index (χ2n) is 6.65. The Morgan fingerprint density at radius 1 is 1.39 bits per heavy atom. The van der Waals surface area contributed by atoms with Crippen molar-refractivity contribution in [3.8, 4) is 11.3 Å². The maximum atomic E-state index is 14.4. The van der Waals surface area contributed by atoms with Crippen LogP contribution < -0.4 is 16.4 Å². The van der Waals surface area contributed by atoms with Crippen LogP contribution in [0.1, 0.15) is 27.2 Å². The van der Waals surface area contributed by atoms with Gasteiger partial charge in [0.25, 0.3) is 5.91 Å². The minimum atomic E-state index is -5.02. The highest BCUT2D eigenvalue weighted by Crippen LogP contribution is 2.38. The fourth-order valence-electron chi connectivity index (χ4n) is 3.09. The van der Waals surface area contributed by atoms with Crippen LogP contribution in [0.2, 0.25) is 0 Å². The molecule has 0 spiro atoms. The van der Waals surface area contributed by atoms with Crippen LogP contribution >= 0.6 is 11.3 Å². The van der Waals surface area contributed by atoms with Crippen LogP contribution in [0.3, 0.4) is 0 Å². The lowest BCUT2D eigenvalue weighted by Gasteiger charge is -2.13. The minimum Gasteiger partial charge on any atom is -0.440 e. The number of hydrogen-bond acceptors (Lipinski definition) is 7. The van der Waals surface area contributed by atoms with Gasteiger partial charge in [0, 0.05) is 24.4 Å². The molecule has 1 atom stereocenters. The minimum absolute atomic E-state index is 0.00110. The zero-order valence-electron chi connectivity index (χ0n) is 16.9. The van der Waals surface area contributed by atoms with Gasteiger partial charge in [-0.3, -0.25) is 4.79 Å². The molecular formula is C20H17F5N4O3S. The van der Waals surface area contributed by atoms with E-state index in [0.717, 1.165) is 16.7 Å². The van der Waals surface area contributed by atoms with Gasteiger partial charge in [-0.1, -0.05) is 6.58 Å². The lowest BCUT2D eigenvalue weighted by atomic mass is 10.0. The smallest absolute Gasteiger partial charge is 0.419 e. The summed E-state index contributed by atoms with van der Waals surface area (Å²) in [5, 5.41) is 16.5. The largest absolute Gasteiger partial charge is 0.440 e. The number of thiazole rings is 1. The van der Waals surface area contributed by atoms with Crippen LogP contribution in [0.4, 0.5) is 33.0 Å². The van der Waals surface area contributed by atoms with E-state index in [1.807, 2.05) is 0 Å². The molecule has 176 valence electrons. The van der Waals surface area contributed by atoms with E-state index in [4.69, 9.17) is 10.2 Å². The number of hydrogen-bond donors (Lipinski definition) is 4. The van der Waals surface area contributed by atoms with Crippen molar-refractivity contribution in [3.63, 3.8) is 0 Å². The van der Waals surface area contributed by atoms with Gasteiger partial charge in [-0.2, -0.15) is 13.2 Å². The molecule has 2 heterocycles. The van der Waals surface area contributed by atoms with E-state index in [1.165, 1.54) is 13.1 Å². The first kappa shape index (κ1) is 24.2. The molecule has 7 nitrogen and oxygen atoms in total. The maximum Gasteiger partial charge on any atom is 0.419 e. The van der Waals surface area contributed by atoms with Crippen LogP contribution in [0, 0.1) is 11.6 Å². The zero-order valence-corrected chi connectivity index (χ0v) is 17.7. The fraction of sp³-hybridized carbons (Fsp3) is 0.200. The van der Waals surface area contributed by atoms with Gasteiger partial charge in [-0.25, -0.2) is 13.8 Å². The molecular weight excluding hydrogens is 471 g/mol. The van der Waals surface area contributed by atoms with Gasteiger partial charge in [0.05, 0.1) is 16.8 Å². The van der Waals surface area contributed by atoms with Crippen molar-refractivity contribution in [3.05, 3.63) is 58.2 Å². The Balaban J connectivity index is 1.86. The highest BCUT2D eigenvalue weighted by atomic mass is 32.1. The van der Waals surface area contributed by atoms with E-state index >= 15 is 0 Å². The molecule has 0 fully saturated rings. The third-order valence-corrected chi connectivity index (χ3v) is 5.32. The first-order valence-corrected chi connectivity index (χ1v) is 10.1. The number of furan rings is 1. The predicted octanol–water partition coefficient (Wildman–Crippen LogP) is 4.26. The van der Waals surface area contributed by atoms with Crippen molar-refractivity contribution in [2.75, 3.05) is 18.1 Å². The SMILES string of the molecule is C=Cc1oc(N)c(C(=O)NC)c1CC(O)Nc1nc(-c2c(F)ccc(C(F)(F)F)c2F)cs1. The first-order chi connectivity index (χ1) is 15.5. The third-order valence-electron chi connectivity index (χ3n) is 4.55. The lowest BCUT2D eigenvalue weighted by Crippen LogP contribution is -2.25. The Labute approximate surface area is 187 Å². The van der Waals surface area contributed by atoms with Crippen molar-refractivity contribution in [1.82, 2.24) is 10.3 Å². The molecule has 0 aliphatic carbocycles.